The first-order valence-electron chi connectivity index (χ1n) is 6.20. The number of hydrogen-bond acceptors (Lipinski definition) is 5. The Morgan fingerprint density at radius 1 is 1.44 bits per heavy atom. The average Bonchev–Trinajstić information content (AvgIpc) is 2.78. The lowest BCUT2D eigenvalue weighted by Crippen LogP contribution is -2.48. The minimum absolute atomic E-state index is 0.163. The molecule has 1 N–H and O–H groups in total. The standard InChI is InChI=1S/C12H19N3O2S/c1-9(2)15-5-3-14(4-6-15)7-11-13-10(8-18-11)12(16)17/h8-9H,3-7H2,1-2H3,(H,16,17). The van der Waals surface area contributed by atoms with Crippen LogP contribution in [0.2, 0.25) is 0 Å². The quantitative estimate of drug-likeness (QED) is 0.894. The van der Waals surface area contributed by atoms with E-state index in [1.54, 1.807) is 5.38 Å². The smallest absolute Gasteiger partial charge is 0.355 e. The van der Waals surface area contributed by atoms with Gasteiger partial charge in [-0.1, -0.05) is 0 Å². The summed E-state index contributed by atoms with van der Waals surface area (Å²) in [7, 11) is 0. The van der Waals surface area contributed by atoms with Crippen LogP contribution in [0.4, 0.5) is 0 Å². The van der Waals surface area contributed by atoms with E-state index < -0.39 is 5.97 Å². The maximum Gasteiger partial charge on any atom is 0.355 e. The molecule has 2 heterocycles. The number of carboxylic acid groups (broad SMARTS) is 1. The van der Waals surface area contributed by atoms with Crippen LogP contribution in [0.1, 0.15) is 29.3 Å². The highest BCUT2D eigenvalue weighted by molar-refractivity contribution is 7.09. The van der Waals surface area contributed by atoms with Crippen LogP contribution >= 0.6 is 11.3 Å². The number of piperazine rings is 1. The van der Waals surface area contributed by atoms with Crippen molar-refractivity contribution < 1.29 is 9.90 Å². The van der Waals surface area contributed by atoms with Gasteiger partial charge >= 0.3 is 5.97 Å². The number of nitrogens with zero attached hydrogens (tertiary/aromatic N) is 3. The van der Waals surface area contributed by atoms with E-state index in [0.29, 0.717) is 6.04 Å². The maximum atomic E-state index is 10.7. The molecule has 0 atom stereocenters. The Morgan fingerprint density at radius 2 is 2.11 bits per heavy atom. The highest BCUT2D eigenvalue weighted by Gasteiger charge is 2.20. The largest absolute Gasteiger partial charge is 0.476 e. The number of aromatic nitrogens is 1. The van der Waals surface area contributed by atoms with Gasteiger partial charge in [0.15, 0.2) is 5.69 Å². The van der Waals surface area contributed by atoms with Crippen molar-refractivity contribution in [3.05, 3.63) is 16.1 Å². The van der Waals surface area contributed by atoms with Crippen molar-refractivity contribution in [1.29, 1.82) is 0 Å². The van der Waals surface area contributed by atoms with Gasteiger partial charge in [-0.2, -0.15) is 0 Å². The normalized spacial score (nSPS) is 18.4. The fourth-order valence-corrected chi connectivity index (χ4v) is 2.92. The van der Waals surface area contributed by atoms with Crippen LogP contribution in [0, 0.1) is 0 Å². The second-order valence-electron chi connectivity index (χ2n) is 4.84. The molecule has 100 valence electrons. The molecule has 1 aliphatic rings. The maximum absolute atomic E-state index is 10.7. The zero-order valence-electron chi connectivity index (χ0n) is 10.8. The summed E-state index contributed by atoms with van der Waals surface area (Å²) in [5.74, 6) is -0.942. The lowest BCUT2D eigenvalue weighted by atomic mass is 10.2. The van der Waals surface area contributed by atoms with Gasteiger partial charge in [0.05, 0.1) is 6.54 Å². The Labute approximate surface area is 111 Å². The number of aromatic carboxylic acids is 1. The number of carbonyl (C=O) groups is 1. The highest BCUT2D eigenvalue weighted by atomic mass is 32.1. The Balaban J connectivity index is 1.85. The van der Waals surface area contributed by atoms with E-state index in [0.717, 1.165) is 37.7 Å². The summed E-state index contributed by atoms with van der Waals surface area (Å²) in [6.07, 6.45) is 0. The summed E-state index contributed by atoms with van der Waals surface area (Å²) in [5, 5.41) is 11.3. The molecule has 0 saturated carbocycles. The van der Waals surface area contributed by atoms with Gasteiger partial charge in [0.25, 0.3) is 0 Å². The fourth-order valence-electron chi connectivity index (χ4n) is 2.11. The Bertz CT molecular complexity index is 411. The van der Waals surface area contributed by atoms with Crippen molar-refractivity contribution in [2.45, 2.75) is 26.4 Å². The van der Waals surface area contributed by atoms with Crippen molar-refractivity contribution in [2.75, 3.05) is 26.2 Å². The molecule has 0 amide bonds. The number of hydrogen-bond donors (Lipinski definition) is 1. The van der Waals surface area contributed by atoms with E-state index in [9.17, 15) is 4.79 Å². The van der Waals surface area contributed by atoms with Gasteiger partial charge in [0.2, 0.25) is 0 Å². The first-order chi connectivity index (χ1) is 8.56. The second-order valence-corrected chi connectivity index (χ2v) is 5.78. The minimum Gasteiger partial charge on any atom is -0.476 e. The molecule has 0 aliphatic carbocycles. The van der Waals surface area contributed by atoms with Crippen LogP contribution in [0.5, 0.6) is 0 Å². The molecule has 6 heteroatoms. The SMILES string of the molecule is CC(C)N1CCN(Cc2nc(C(=O)O)cs2)CC1. The first-order valence-corrected chi connectivity index (χ1v) is 7.08. The van der Waals surface area contributed by atoms with E-state index in [2.05, 4.69) is 28.6 Å². The lowest BCUT2D eigenvalue weighted by molar-refractivity contribution is 0.0690. The van der Waals surface area contributed by atoms with E-state index in [4.69, 9.17) is 5.11 Å². The number of carboxylic acids is 1. The van der Waals surface area contributed by atoms with Crippen molar-refractivity contribution in [1.82, 2.24) is 14.8 Å². The molecule has 5 nitrogen and oxygen atoms in total. The van der Waals surface area contributed by atoms with Gasteiger partial charge < -0.3 is 5.11 Å². The predicted molar refractivity (Wildman–Crippen MR) is 71.1 cm³/mol. The molecule has 1 aromatic rings. The monoisotopic (exact) mass is 269 g/mol. The summed E-state index contributed by atoms with van der Waals surface area (Å²) < 4.78 is 0. The van der Waals surface area contributed by atoms with Crippen molar-refractivity contribution in [2.24, 2.45) is 0 Å². The van der Waals surface area contributed by atoms with Gasteiger partial charge in [-0.3, -0.25) is 9.80 Å². The molecule has 0 spiro atoms. The summed E-state index contributed by atoms with van der Waals surface area (Å²) >= 11 is 1.43. The molecule has 2 rings (SSSR count). The van der Waals surface area contributed by atoms with Crippen molar-refractivity contribution in [3.63, 3.8) is 0 Å². The fraction of sp³-hybridized carbons (Fsp3) is 0.667. The van der Waals surface area contributed by atoms with Gasteiger partial charge in [-0.15, -0.1) is 11.3 Å². The van der Waals surface area contributed by atoms with Crippen LogP contribution in [-0.2, 0) is 6.54 Å². The van der Waals surface area contributed by atoms with E-state index >= 15 is 0 Å². The van der Waals surface area contributed by atoms with Crippen LogP contribution in [0.3, 0.4) is 0 Å². The van der Waals surface area contributed by atoms with Crippen molar-refractivity contribution in [3.8, 4) is 0 Å². The summed E-state index contributed by atoms with van der Waals surface area (Å²) in [6.45, 7) is 9.42. The zero-order chi connectivity index (χ0) is 13.1. The third-order valence-corrected chi connectivity index (χ3v) is 4.10. The summed E-state index contributed by atoms with van der Waals surface area (Å²) in [6, 6.07) is 0.602. The van der Waals surface area contributed by atoms with Gasteiger partial charge in [0.1, 0.15) is 5.01 Å². The zero-order valence-corrected chi connectivity index (χ0v) is 11.6. The van der Waals surface area contributed by atoms with Gasteiger partial charge in [-0.25, -0.2) is 9.78 Å². The van der Waals surface area contributed by atoms with Crippen LogP contribution in [0.25, 0.3) is 0 Å². The number of rotatable bonds is 4. The first kappa shape index (κ1) is 13.5. The minimum atomic E-state index is -0.942. The lowest BCUT2D eigenvalue weighted by Gasteiger charge is -2.36. The Kier molecular flexibility index (Phi) is 4.31. The summed E-state index contributed by atoms with van der Waals surface area (Å²) in [5.41, 5.74) is 0.163. The van der Waals surface area contributed by atoms with Crippen LogP contribution in [-0.4, -0.2) is 58.1 Å². The molecular weight excluding hydrogens is 250 g/mol. The molecule has 1 fully saturated rings. The molecule has 0 bridgehead atoms. The molecule has 1 aliphatic heterocycles. The Morgan fingerprint density at radius 3 is 2.61 bits per heavy atom. The summed E-state index contributed by atoms with van der Waals surface area (Å²) in [4.78, 5) is 19.7. The predicted octanol–water partition coefficient (Wildman–Crippen LogP) is 1.37. The molecule has 0 radical (unpaired) electrons. The second kappa shape index (κ2) is 5.77. The molecule has 0 aromatic carbocycles. The topological polar surface area (TPSA) is 56.7 Å². The molecule has 0 unspecified atom stereocenters. The van der Waals surface area contributed by atoms with E-state index in [-0.39, 0.29) is 5.69 Å². The van der Waals surface area contributed by atoms with E-state index in [1.807, 2.05) is 0 Å². The van der Waals surface area contributed by atoms with E-state index in [1.165, 1.54) is 11.3 Å². The molecule has 18 heavy (non-hydrogen) atoms. The van der Waals surface area contributed by atoms with Crippen LogP contribution in [0.15, 0.2) is 5.38 Å². The van der Waals surface area contributed by atoms with Gasteiger partial charge in [-0.05, 0) is 13.8 Å². The highest BCUT2D eigenvalue weighted by Crippen LogP contribution is 2.14. The van der Waals surface area contributed by atoms with Crippen molar-refractivity contribution >= 4 is 17.3 Å². The Hall–Kier alpha value is -0.980. The number of thiazole rings is 1. The van der Waals surface area contributed by atoms with Gasteiger partial charge in [0, 0.05) is 37.6 Å². The van der Waals surface area contributed by atoms with Crippen LogP contribution < -0.4 is 0 Å². The molecule has 1 saturated heterocycles. The molecule has 1 aromatic heterocycles. The third-order valence-electron chi connectivity index (χ3n) is 3.27. The third kappa shape index (κ3) is 3.28. The molecular formula is C12H19N3O2S. The average molecular weight is 269 g/mol.